The van der Waals surface area contributed by atoms with Crippen molar-refractivity contribution < 1.29 is 0 Å². The second-order valence-corrected chi connectivity index (χ2v) is 4.74. The molecule has 2 N–H and O–H groups in total. The second kappa shape index (κ2) is 6.69. The highest BCUT2D eigenvalue weighted by Gasteiger charge is 2.12. The van der Waals surface area contributed by atoms with E-state index in [9.17, 15) is 0 Å². The normalized spacial score (nSPS) is 15.0. The quantitative estimate of drug-likeness (QED) is 0.696. The van der Waals surface area contributed by atoms with Crippen LogP contribution in [0.15, 0.2) is 6.20 Å². The molecule has 3 nitrogen and oxygen atoms in total. The first kappa shape index (κ1) is 13.2. The molecular weight excluding hydrogens is 198 g/mol. The molecule has 0 spiro atoms. The third-order valence-corrected chi connectivity index (χ3v) is 3.11. The first-order valence-corrected chi connectivity index (χ1v) is 6.41. The van der Waals surface area contributed by atoms with Gasteiger partial charge in [-0.3, -0.25) is 5.10 Å². The Morgan fingerprint density at radius 2 is 2.12 bits per heavy atom. The van der Waals surface area contributed by atoms with Crippen LogP contribution in [-0.2, 0) is 0 Å². The monoisotopic (exact) mass is 223 g/mol. The summed E-state index contributed by atoms with van der Waals surface area (Å²) in [7, 11) is 0. The molecule has 0 aliphatic carbocycles. The number of H-pyrrole nitrogens is 1. The first-order chi connectivity index (χ1) is 7.65. The Bertz CT molecular complexity index is 293. The summed E-state index contributed by atoms with van der Waals surface area (Å²) in [4.78, 5) is 0. The minimum absolute atomic E-state index is 0.385. The van der Waals surface area contributed by atoms with Crippen LogP contribution in [0.3, 0.4) is 0 Å². The van der Waals surface area contributed by atoms with Gasteiger partial charge in [-0.25, -0.2) is 0 Å². The maximum atomic E-state index is 4.06. The molecule has 1 heterocycles. The summed E-state index contributed by atoms with van der Waals surface area (Å²) in [5.74, 6) is 0. The molecule has 1 rings (SSSR count). The molecule has 0 radical (unpaired) electrons. The van der Waals surface area contributed by atoms with Crippen molar-refractivity contribution in [2.75, 3.05) is 0 Å². The lowest BCUT2D eigenvalue weighted by Gasteiger charge is -2.19. The fourth-order valence-electron chi connectivity index (χ4n) is 2.10. The molecule has 0 bridgehead atoms. The molecule has 0 saturated heterocycles. The minimum atomic E-state index is 0.385. The van der Waals surface area contributed by atoms with Gasteiger partial charge in [-0.1, -0.05) is 26.2 Å². The van der Waals surface area contributed by atoms with Crippen molar-refractivity contribution in [2.24, 2.45) is 0 Å². The van der Waals surface area contributed by atoms with Gasteiger partial charge in [0, 0.05) is 23.3 Å². The third kappa shape index (κ3) is 3.97. The lowest BCUT2D eigenvalue weighted by molar-refractivity contribution is 0.439. The Labute approximate surface area is 99.0 Å². The maximum Gasteiger partial charge on any atom is 0.0537 e. The fraction of sp³-hybridized carbons (Fsp3) is 0.769. The van der Waals surface area contributed by atoms with Crippen molar-refractivity contribution >= 4 is 0 Å². The van der Waals surface area contributed by atoms with Gasteiger partial charge < -0.3 is 5.32 Å². The van der Waals surface area contributed by atoms with Crippen molar-refractivity contribution in [1.29, 1.82) is 0 Å². The smallest absolute Gasteiger partial charge is 0.0537 e. The molecule has 1 aromatic rings. The molecular formula is C13H25N3. The molecule has 2 atom stereocenters. The molecule has 2 unspecified atom stereocenters. The highest BCUT2D eigenvalue weighted by Crippen LogP contribution is 2.16. The van der Waals surface area contributed by atoms with Gasteiger partial charge in [0.1, 0.15) is 0 Å². The van der Waals surface area contributed by atoms with Crippen molar-refractivity contribution in [2.45, 2.75) is 65.5 Å². The number of aromatic nitrogens is 2. The van der Waals surface area contributed by atoms with Crippen LogP contribution >= 0.6 is 0 Å². The number of nitrogens with one attached hydrogen (secondary N) is 2. The zero-order valence-corrected chi connectivity index (χ0v) is 11.0. The van der Waals surface area contributed by atoms with Gasteiger partial charge in [-0.15, -0.1) is 0 Å². The largest absolute Gasteiger partial charge is 0.308 e. The zero-order chi connectivity index (χ0) is 12.0. The highest BCUT2D eigenvalue weighted by molar-refractivity contribution is 5.18. The van der Waals surface area contributed by atoms with Gasteiger partial charge in [0.15, 0.2) is 0 Å². The van der Waals surface area contributed by atoms with Crippen LogP contribution in [-0.4, -0.2) is 16.2 Å². The Balaban J connectivity index is 2.33. The fourth-order valence-corrected chi connectivity index (χ4v) is 2.10. The average molecular weight is 223 g/mol. The molecule has 0 amide bonds. The molecule has 0 saturated carbocycles. The first-order valence-electron chi connectivity index (χ1n) is 6.41. The van der Waals surface area contributed by atoms with Crippen LogP contribution in [0, 0.1) is 6.92 Å². The zero-order valence-electron chi connectivity index (χ0n) is 11.0. The predicted octanol–water partition coefficient (Wildman–Crippen LogP) is 3.34. The molecule has 92 valence electrons. The third-order valence-electron chi connectivity index (χ3n) is 3.11. The Morgan fingerprint density at radius 3 is 2.69 bits per heavy atom. The highest BCUT2D eigenvalue weighted by atomic mass is 15.1. The van der Waals surface area contributed by atoms with E-state index in [0.717, 1.165) is 0 Å². The summed E-state index contributed by atoms with van der Waals surface area (Å²) < 4.78 is 0. The van der Waals surface area contributed by atoms with Crippen molar-refractivity contribution in [3.63, 3.8) is 0 Å². The number of hydrogen-bond acceptors (Lipinski definition) is 2. The molecule has 0 aliphatic heterocycles. The number of aromatic amines is 1. The molecule has 0 fully saturated rings. The van der Waals surface area contributed by atoms with Crippen molar-refractivity contribution in [3.05, 3.63) is 17.5 Å². The summed E-state index contributed by atoms with van der Waals surface area (Å²) in [6.45, 7) is 8.79. The van der Waals surface area contributed by atoms with Crippen LogP contribution in [0.2, 0.25) is 0 Å². The predicted molar refractivity (Wildman–Crippen MR) is 68.5 cm³/mol. The standard InChI is InChI=1S/C13H25N3/c1-5-6-7-8-10(2)15-11(3)13-9-14-16-12(13)4/h9-11,15H,5-8H2,1-4H3,(H,14,16). The van der Waals surface area contributed by atoms with E-state index in [4.69, 9.17) is 0 Å². The number of aryl methyl sites for hydroxylation is 1. The van der Waals surface area contributed by atoms with E-state index >= 15 is 0 Å². The van der Waals surface area contributed by atoms with E-state index in [1.807, 2.05) is 6.20 Å². The number of hydrogen-bond donors (Lipinski definition) is 2. The Morgan fingerprint density at radius 1 is 1.38 bits per heavy atom. The summed E-state index contributed by atoms with van der Waals surface area (Å²) >= 11 is 0. The lowest BCUT2D eigenvalue weighted by atomic mass is 10.1. The van der Waals surface area contributed by atoms with Gasteiger partial charge in [-0.05, 0) is 27.2 Å². The van der Waals surface area contributed by atoms with Crippen molar-refractivity contribution in [1.82, 2.24) is 15.5 Å². The van der Waals surface area contributed by atoms with Gasteiger partial charge in [0.2, 0.25) is 0 Å². The topological polar surface area (TPSA) is 40.7 Å². The van der Waals surface area contributed by atoms with E-state index in [1.165, 1.54) is 36.9 Å². The van der Waals surface area contributed by atoms with E-state index in [2.05, 4.69) is 43.2 Å². The van der Waals surface area contributed by atoms with Gasteiger partial charge in [0.05, 0.1) is 6.20 Å². The van der Waals surface area contributed by atoms with Crippen molar-refractivity contribution in [3.8, 4) is 0 Å². The summed E-state index contributed by atoms with van der Waals surface area (Å²) in [6.07, 6.45) is 7.14. The van der Waals surface area contributed by atoms with E-state index in [1.54, 1.807) is 0 Å². The van der Waals surface area contributed by atoms with E-state index in [0.29, 0.717) is 12.1 Å². The molecule has 0 aromatic carbocycles. The summed E-state index contributed by atoms with van der Waals surface area (Å²) in [6, 6.07) is 0.964. The summed E-state index contributed by atoms with van der Waals surface area (Å²) in [5.41, 5.74) is 2.45. The Kier molecular flexibility index (Phi) is 5.53. The van der Waals surface area contributed by atoms with Crippen LogP contribution in [0.25, 0.3) is 0 Å². The molecule has 16 heavy (non-hydrogen) atoms. The van der Waals surface area contributed by atoms with E-state index in [-0.39, 0.29) is 0 Å². The maximum absolute atomic E-state index is 4.06. The number of nitrogens with zero attached hydrogens (tertiary/aromatic N) is 1. The molecule has 1 aromatic heterocycles. The van der Waals surface area contributed by atoms with Crippen LogP contribution in [0.4, 0.5) is 0 Å². The average Bonchev–Trinajstić information content (AvgIpc) is 2.65. The Hall–Kier alpha value is -0.830. The van der Waals surface area contributed by atoms with Gasteiger partial charge >= 0.3 is 0 Å². The lowest BCUT2D eigenvalue weighted by Crippen LogP contribution is -2.29. The second-order valence-electron chi connectivity index (χ2n) is 4.74. The van der Waals surface area contributed by atoms with Gasteiger partial charge in [-0.2, -0.15) is 5.10 Å². The summed E-state index contributed by atoms with van der Waals surface area (Å²) in [5, 5.41) is 10.7. The number of rotatable bonds is 7. The van der Waals surface area contributed by atoms with Crippen LogP contribution < -0.4 is 5.32 Å². The minimum Gasteiger partial charge on any atom is -0.308 e. The van der Waals surface area contributed by atoms with Gasteiger partial charge in [0.25, 0.3) is 0 Å². The van der Waals surface area contributed by atoms with E-state index < -0.39 is 0 Å². The SMILES string of the molecule is CCCCCC(C)NC(C)c1cn[nH]c1C. The number of unbranched alkanes of at least 4 members (excludes halogenated alkanes) is 2. The molecule has 3 heteroatoms. The van der Waals surface area contributed by atoms with Crippen LogP contribution in [0.1, 0.15) is 63.8 Å². The molecule has 0 aliphatic rings. The van der Waals surface area contributed by atoms with Crippen LogP contribution in [0.5, 0.6) is 0 Å².